The molecule has 3 unspecified atom stereocenters. The smallest absolute Gasteiger partial charge is 0.306 e. The van der Waals surface area contributed by atoms with E-state index in [1.165, 1.54) is 212 Å². The van der Waals surface area contributed by atoms with E-state index in [9.17, 15) is 19.0 Å². The molecule has 3 atom stereocenters. The number of allylic oxidation sites excluding steroid dienone is 11. The highest BCUT2D eigenvalue weighted by Gasteiger charge is 2.27. The molecule has 0 heterocycles. The molecule has 0 radical (unpaired) electrons. The molecule has 0 spiro atoms. The van der Waals surface area contributed by atoms with E-state index in [0.717, 1.165) is 89.9 Å². The van der Waals surface area contributed by atoms with Crippen LogP contribution in [0.4, 0.5) is 0 Å². The first kappa shape index (κ1) is 82.5. The van der Waals surface area contributed by atoms with E-state index in [1.807, 2.05) is 33.3 Å². The Kier molecular flexibility index (Phi) is 62.5. The minimum Gasteiger partial charge on any atom is -0.756 e. The number of hydrogen-bond acceptors (Lipinski definition) is 7. The van der Waals surface area contributed by atoms with Crippen LogP contribution in [0.5, 0.6) is 0 Å². The lowest BCUT2D eigenvalue weighted by atomic mass is 10.0. The first-order valence-corrected chi connectivity index (χ1v) is 37.7. The van der Waals surface area contributed by atoms with Crippen LogP contribution < -0.4 is 10.2 Å². The maximum atomic E-state index is 13.6. The lowest BCUT2D eigenvalue weighted by Crippen LogP contribution is -2.47. The summed E-state index contributed by atoms with van der Waals surface area (Å²) in [6.45, 7) is 6.83. The number of nitrogens with zero attached hydrogens (tertiary/aromatic N) is 1. The van der Waals surface area contributed by atoms with Gasteiger partial charge in [-0.15, -0.1) is 0 Å². The number of unbranched alkanes of at least 4 members (excludes halogenated alkanes) is 40. The Morgan fingerprint density at radius 2 is 0.718 bits per heavy atom. The van der Waals surface area contributed by atoms with Crippen LogP contribution in [0, 0.1) is 0 Å². The third-order valence-electron chi connectivity index (χ3n) is 16.1. The first-order valence-electron chi connectivity index (χ1n) is 36.2. The number of hydrogen-bond donors (Lipinski definition) is 1. The van der Waals surface area contributed by atoms with Crippen molar-refractivity contribution in [2.45, 2.75) is 354 Å². The van der Waals surface area contributed by atoms with Crippen LogP contribution in [0.3, 0.4) is 0 Å². The molecule has 85 heavy (non-hydrogen) atoms. The highest BCUT2D eigenvalue weighted by atomic mass is 31.2. The normalized spacial score (nSPS) is 13.9. The number of likely N-dealkylation sites (N-methyl/N-ethyl adjacent to an activating group) is 1. The van der Waals surface area contributed by atoms with Crippen molar-refractivity contribution in [1.82, 2.24) is 5.32 Å². The molecule has 0 aliphatic carbocycles. The fourth-order valence-electron chi connectivity index (χ4n) is 10.5. The molecule has 1 N–H and O–H groups in total. The molecule has 496 valence electrons. The molecule has 0 rings (SSSR count). The minimum absolute atomic E-state index is 0.0265. The van der Waals surface area contributed by atoms with Crippen LogP contribution in [0.1, 0.15) is 342 Å². The predicted octanol–water partition coefficient (Wildman–Crippen LogP) is 22.5. The number of phosphoric acid groups is 1. The Bertz CT molecular complexity index is 1680. The first-order chi connectivity index (χ1) is 41.4. The quantitative estimate of drug-likeness (QED) is 0.0212. The van der Waals surface area contributed by atoms with Crippen molar-refractivity contribution in [1.29, 1.82) is 0 Å². The average Bonchev–Trinajstić information content (AvgIpc) is 3.63. The molecule has 1 amide bonds. The fourth-order valence-corrected chi connectivity index (χ4v) is 11.2. The number of esters is 1. The lowest BCUT2D eigenvalue weighted by Gasteiger charge is -2.30. The van der Waals surface area contributed by atoms with Crippen molar-refractivity contribution in [3.63, 3.8) is 0 Å². The summed E-state index contributed by atoms with van der Waals surface area (Å²) in [4.78, 5) is 40.2. The van der Waals surface area contributed by atoms with Gasteiger partial charge in [-0.25, -0.2) is 0 Å². The number of nitrogens with one attached hydrogen (secondary N) is 1. The summed E-state index contributed by atoms with van der Waals surface area (Å²) in [6.07, 6.45) is 84.6. The topological polar surface area (TPSA) is 114 Å². The van der Waals surface area contributed by atoms with E-state index in [0.29, 0.717) is 23.9 Å². The van der Waals surface area contributed by atoms with Crippen LogP contribution in [-0.4, -0.2) is 69.4 Å². The molecule has 0 fully saturated rings. The third-order valence-corrected chi connectivity index (χ3v) is 17.1. The van der Waals surface area contributed by atoms with Gasteiger partial charge in [0.2, 0.25) is 5.91 Å². The van der Waals surface area contributed by atoms with E-state index >= 15 is 0 Å². The fraction of sp³-hybridized carbons (Fsp3) is 0.813. The zero-order valence-electron chi connectivity index (χ0n) is 56.8. The van der Waals surface area contributed by atoms with Crippen molar-refractivity contribution >= 4 is 19.7 Å². The molecule has 0 aromatic heterocycles. The number of ether oxygens (including phenoxy) is 1. The van der Waals surface area contributed by atoms with Gasteiger partial charge in [-0.05, 0) is 102 Å². The predicted molar refractivity (Wildman–Crippen MR) is 367 cm³/mol. The Balaban J connectivity index is 5.00. The number of carbonyl (C=O) groups excluding carboxylic acids is 2. The van der Waals surface area contributed by atoms with Gasteiger partial charge in [0.15, 0.2) is 0 Å². The summed E-state index contributed by atoms with van der Waals surface area (Å²) in [5.74, 6) is -0.552. The Morgan fingerprint density at radius 3 is 1.11 bits per heavy atom. The van der Waals surface area contributed by atoms with Crippen LogP contribution in [0.2, 0.25) is 0 Å². The van der Waals surface area contributed by atoms with Gasteiger partial charge in [0, 0.05) is 12.8 Å². The summed E-state index contributed by atoms with van der Waals surface area (Å²) < 4.78 is 30.4. The molecule has 0 saturated heterocycles. The zero-order chi connectivity index (χ0) is 62.1. The van der Waals surface area contributed by atoms with Crippen LogP contribution >= 0.6 is 7.82 Å². The molecule has 9 nitrogen and oxygen atoms in total. The SMILES string of the molecule is CCCCC/C=C\C/C=C\C/C=C\C/C=C\CCCCCCCC(=O)OC(/C=C\CCCCCCCCCCC)C(COP(=O)([O-])OCC[N+](C)(C)C)NC(=O)CCCCCCCCCCCCCCCCCCC/C=C/CCCCCCCC. The molecule has 0 aliphatic heterocycles. The zero-order valence-corrected chi connectivity index (χ0v) is 57.7. The molecule has 0 bridgehead atoms. The van der Waals surface area contributed by atoms with E-state index in [4.69, 9.17) is 13.8 Å². The number of carbonyl (C=O) groups is 2. The maximum absolute atomic E-state index is 13.6. The van der Waals surface area contributed by atoms with Gasteiger partial charge in [-0.2, -0.15) is 0 Å². The third kappa shape index (κ3) is 65.7. The second-order valence-electron chi connectivity index (χ2n) is 25.7. The number of amides is 1. The number of quaternary nitrogens is 1. The number of phosphoric ester groups is 1. The molecular weight excluding hydrogens is 1070 g/mol. The van der Waals surface area contributed by atoms with Gasteiger partial charge in [0.1, 0.15) is 19.3 Å². The Morgan fingerprint density at radius 1 is 0.412 bits per heavy atom. The second-order valence-corrected chi connectivity index (χ2v) is 27.1. The van der Waals surface area contributed by atoms with Crippen molar-refractivity contribution < 1.29 is 37.3 Å². The highest BCUT2D eigenvalue weighted by Crippen LogP contribution is 2.38. The van der Waals surface area contributed by atoms with Gasteiger partial charge in [0.25, 0.3) is 7.82 Å². The molecule has 10 heteroatoms. The van der Waals surface area contributed by atoms with E-state index in [1.54, 1.807) is 0 Å². The van der Waals surface area contributed by atoms with Crippen molar-refractivity contribution in [3.8, 4) is 0 Å². The minimum atomic E-state index is -4.71. The Labute approximate surface area is 527 Å². The van der Waals surface area contributed by atoms with Crippen molar-refractivity contribution in [2.75, 3.05) is 40.9 Å². The number of rotatable bonds is 66. The molecule has 0 aromatic rings. The average molecular weight is 1210 g/mol. The van der Waals surface area contributed by atoms with Gasteiger partial charge in [0.05, 0.1) is 33.8 Å². The lowest BCUT2D eigenvalue weighted by molar-refractivity contribution is -0.870. The molecule has 0 aliphatic rings. The van der Waals surface area contributed by atoms with Gasteiger partial charge >= 0.3 is 5.97 Å². The summed E-state index contributed by atoms with van der Waals surface area (Å²) >= 11 is 0. The second kappa shape index (κ2) is 64.4. The summed E-state index contributed by atoms with van der Waals surface area (Å²) in [6, 6.07) is -0.898. The largest absolute Gasteiger partial charge is 0.756 e. The molecule has 0 aromatic carbocycles. The van der Waals surface area contributed by atoms with Gasteiger partial charge < -0.3 is 28.5 Å². The van der Waals surface area contributed by atoms with E-state index < -0.39 is 26.6 Å². The Hall–Kier alpha value is -2.55. The van der Waals surface area contributed by atoms with Gasteiger partial charge in [-0.1, -0.05) is 299 Å². The van der Waals surface area contributed by atoms with Gasteiger partial charge in [-0.3, -0.25) is 14.2 Å². The van der Waals surface area contributed by atoms with E-state index in [2.05, 4.69) is 86.8 Å². The summed E-state index contributed by atoms with van der Waals surface area (Å²) in [7, 11) is 1.18. The van der Waals surface area contributed by atoms with Crippen LogP contribution in [0.15, 0.2) is 72.9 Å². The monoisotopic (exact) mass is 1210 g/mol. The molecular formula is C75H139N2O7P. The molecule has 0 saturated carbocycles. The summed E-state index contributed by atoms with van der Waals surface area (Å²) in [5.41, 5.74) is 0. The standard InChI is InChI=1S/C75H139N2O7P/c1-7-10-13-16-19-22-25-27-29-31-33-35-36-37-38-39-40-42-43-45-47-49-52-55-58-61-64-67-74(78)76-72(71-83-85(80,81)82-70-69-77(4,5)6)73(66-63-60-57-54-51-24-21-18-15-12-9-3)84-75(79)68-65-62-59-56-53-50-48-46-44-41-34-32-30-28-26-23-20-17-14-11-8-2/h20,23,27-30,34,41,46,48,63,66,72-73H,7-19,21-22,24-26,31-33,35-40,42-45,47,49-62,64-65,67-71H2,1-6H3,(H-,76,78,80,81)/b23-20-,29-27+,30-28-,41-34-,48-46-,66-63-. The van der Waals surface area contributed by atoms with E-state index in [-0.39, 0.29) is 24.9 Å². The van der Waals surface area contributed by atoms with Crippen LogP contribution in [0.25, 0.3) is 0 Å². The summed E-state index contributed by atoms with van der Waals surface area (Å²) in [5, 5.41) is 3.04. The maximum Gasteiger partial charge on any atom is 0.306 e. The van der Waals surface area contributed by atoms with Crippen molar-refractivity contribution in [2.24, 2.45) is 0 Å². The highest BCUT2D eigenvalue weighted by molar-refractivity contribution is 7.45. The van der Waals surface area contributed by atoms with Crippen molar-refractivity contribution in [3.05, 3.63) is 72.9 Å². The van der Waals surface area contributed by atoms with Crippen LogP contribution in [-0.2, 0) is 27.9 Å².